The third kappa shape index (κ3) is 3.21. The summed E-state index contributed by atoms with van der Waals surface area (Å²) in [6.45, 7) is 4.79. The molecule has 1 spiro atoms. The van der Waals surface area contributed by atoms with Crippen molar-refractivity contribution in [3.8, 4) is 0 Å². The van der Waals surface area contributed by atoms with Gasteiger partial charge in [-0.25, -0.2) is 4.79 Å². The van der Waals surface area contributed by atoms with Gasteiger partial charge >= 0.3 is 5.97 Å². The lowest BCUT2D eigenvalue weighted by Gasteiger charge is -2.70. The third-order valence-electron chi connectivity index (χ3n) is 12.6. The quantitative estimate of drug-likeness (QED) is 0.414. The number of nitrogens with zero attached hydrogens (tertiary/aromatic N) is 1. The monoisotopic (exact) mass is 584 g/mol. The molecule has 1 heterocycles. The van der Waals surface area contributed by atoms with Crippen LogP contribution in [0.15, 0.2) is 24.3 Å². The Bertz CT molecular complexity index is 1290. The van der Waals surface area contributed by atoms with E-state index >= 15 is 0 Å². The second-order valence-corrected chi connectivity index (χ2v) is 13.7. The number of carbonyl (C=O) groups excluding carboxylic acids is 2. The van der Waals surface area contributed by atoms with Crippen LogP contribution < -0.4 is 5.32 Å². The Balaban J connectivity index is 1.38. The molecule has 0 radical (unpaired) electrons. The number of fused-ring (bicyclic) bond motifs is 2. The summed E-state index contributed by atoms with van der Waals surface area (Å²) < 4.78 is 25.1. The van der Waals surface area contributed by atoms with Gasteiger partial charge in [0, 0.05) is 76.3 Å². The van der Waals surface area contributed by atoms with E-state index in [2.05, 4.69) is 17.1 Å². The summed E-state index contributed by atoms with van der Waals surface area (Å²) in [7, 11) is 5.05. The Morgan fingerprint density at radius 3 is 2.50 bits per heavy atom. The molecule has 42 heavy (non-hydrogen) atoms. The second kappa shape index (κ2) is 9.46. The molecule has 3 N–H and O–H groups in total. The van der Waals surface area contributed by atoms with Gasteiger partial charge < -0.3 is 34.5 Å². The van der Waals surface area contributed by atoms with Crippen LogP contribution in [-0.2, 0) is 23.7 Å². The molecule has 5 saturated carbocycles. The first-order valence-corrected chi connectivity index (χ1v) is 15.4. The number of carbonyl (C=O) groups is 2. The number of amides is 1. The predicted molar refractivity (Wildman–Crippen MR) is 152 cm³/mol. The molecule has 0 unspecified atom stereocenters. The van der Waals surface area contributed by atoms with E-state index in [1.165, 1.54) is 6.92 Å². The summed E-state index contributed by atoms with van der Waals surface area (Å²) in [5.74, 6) is -1.54. The third-order valence-corrected chi connectivity index (χ3v) is 12.6. The van der Waals surface area contributed by atoms with Crippen LogP contribution >= 0.6 is 0 Å². The molecule has 6 aliphatic rings. The fourth-order valence-corrected chi connectivity index (χ4v) is 11.6. The van der Waals surface area contributed by atoms with Crippen LogP contribution in [0.2, 0.25) is 0 Å². The summed E-state index contributed by atoms with van der Waals surface area (Å²) in [4.78, 5) is 28.3. The van der Waals surface area contributed by atoms with E-state index < -0.39 is 34.3 Å². The first-order chi connectivity index (χ1) is 20.1. The molecular formula is C32H44N2O8. The molecule has 1 amide bonds. The summed E-state index contributed by atoms with van der Waals surface area (Å²) in [6.07, 6.45) is 1.91. The number of piperidine rings is 1. The van der Waals surface area contributed by atoms with Gasteiger partial charge in [0.15, 0.2) is 0 Å². The molecule has 7 rings (SSSR count). The number of benzene rings is 1. The standard InChI is InChI=1S/C32H44N2O8/c1-6-34-16-29(42-28(36)18-9-7-8-10-21(18)33-17(2)35)12-11-25(40-4)31-23(29)14-20(26(31)34)30(37)15-22(39-3)19-13-24(31)32(30,38)27(19)41-5/h7-10,19-20,22-27,37-38H,6,11-16H2,1-5H3,(H,33,35)/t19-,20-,22-,23+,24-,25+,26+,27-,29-,30-,31+,32-/m1/s1. The van der Waals surface area contributed by atoms with E-state index in [1.54, 1.807) is 45.6 Å². The van der Waals surface area contributed by atoms with Crippen molar-refractivity contribution in [3.05, 3.63) is 29.8 Å². The highest BCUT2D eigenvalue weighted by Gasteiger charge is 2.89. The molecular weight excluding hydrogens is 540 g/mol. The fraction of sp³-hybridized carbons (Fsp3) is 0.750. The zero-order valence-corrected chi connectivity index (χ0v) is 25.2. The Morgan fingerprint density at radius 1 is 1.07 bits per heavy atom. The van der Waals surface area contributed by atoms with Crippen LogP contribution in [0.3, 0.4) is 0 Å². The summed E-state index contributed by atoms with van der Waals surface area (Å²) in [5.41, 5.74) is -3.57. The van der Waals surface area contributed by atoms with E-state index in [0.29, 0.717) is 56.4 Å². The largest absolute Gasteiger partial charge is 0.454 e. The van der Waals surface area contributed by atoms with E-state index in [4.69, 9.17) is 18.9 Å². The van der Waals surface area contributed by atoms with Crippen molar-refractivity contribution in [2.24, 2.45) is 29.1 Å². The Morgan fingerprint density at radius 2 is 1.83 bits per heavy atom. The Labute approximate surface area is 247 Å². The normalized spacial score (nSPS) is 48.2. The van der Waals surface area contributed by atoms with Crippen LogP contribution in [0.4, 0.5) is 5.69 Å². The highest BCUT2D eigenvalue weighted by molar-refractivity contribution is 6.00. The van der Waals surface area contributed by atoms with Crippen molar-refractivity contribution in [2.75, 3.05) is 39.7 Å². The van der Waals surface area contributed by atoms with Gasteiger partial charge in [0.05, 0.1) is 29.6 Å². The molecule has 1 aromatic rings. The molecule has 1 aromatic carbocycles. The van der Waals surface area contributed by atoms with Crippen LogP contribution in [0, 0.1) is 29.1 Å². The number of aliphatic hydroxyl groups is 2. The topological polar surface area (TPSA) is 127 Å². The van der Waals surface area contributed by atoms with Crippen LogP contribution in [-0.4, -0.2) is 103 Å². The van der Waals surface area contributed by atoms with Crippen molar-refractivity contribution in [1.82, 2.24) is 4.90 Å². The lowest BCUT2D eigenvalue weighted by atomic mass is 9.44. The van der Waals surface area contributed by atoms with E-state index in [1.807, 2.05) is 0 Å². The van der Waals surface area contributed by atoms with Gasteiger partial charge in [0.2, 0.25) is 5.91 Å². The zero-order valence-electron chi connectivity index (χ0n) is 25.2. The van der Waals surface area contributed by atoms with E-state index in [9.17, 15) is 19.8 Å². The van der Waals surface area contributed by atoms with Crippen LogP contribution in [0.25, 0.3) is 0 Å². The highest BCUT2D eigenvalue weighted by Crippen LogP contribution is 2.79. The maximum absolute atomic E-state index is 14.0. The van der Waals surface area contributed by atoms with Gasteiger partial charge in [-0.1, -0.05) is 19.1 Å². The second-order valence-electron chi connectivity index (χ2n) is 13.7. The minimum absolute atomic E-state index is 0.0432. The average molecular weight is 585 g/mol. The van der Waals surface area contributed by atoms with Gasteiger partial charge in [-0.05, 0) is 44.4 Å². The fourth-order valence-electron chi connectivity index (χ4n) is 11.6. The highest BCUT2D eigenvalue weighted by atomic mass is 16.6. The van der Waals surface area contributed by atoms with Gasteiger partial charge in [-0.3, -0.25) is 9.69 Å². The predicted octanol–water partition coefficient (Wildman–Crippen LogP) is 2.22. The summed E-state index contributed by atoms with van der Waals surface area (Å²) >= 11 is 0. The average Bonchev–Trinajstić information content (AvgIpc) is 3.39. The molecule has 0 aromatic heterocycles. The van der Waals surface area contributed by atoms with Gasteiger partial charge in [0.1, 0.15) is 16.8 Å². The number of rotatable bonds is 7. The number of hydrogen-bond donors (Lipinski definition) is 3. The number of anilines is 1. The molecule has 6 fully saturated rings. The SMILES string of the molecule is CCN1C[C@]2(OC(=O)c3ccccc3NC(C)=O)CC[C@H](OC)[C@]34[C@@H]1[C@@H](C[C@@H]23)[C@]1(O)C[C@@H](OC)[C@H]2C[C@H]4[C@@]1(O)[C@@H]2OC. The zero-order chi connectivity index (χ0) is 29.8. The number of esters is 1. The number of ether oxygens (including phenoxy) is 4. The number of likely N-dealkylation sites (tertiary alicyclic amines) is 1. The molecule has 12 atom stereocenters. The minimum atomic E-state index is -1.48. The molecule has 5 aliphatic carbocycles. The number of nitrogens with one attached hydrogen (secondary N) is 1. The van der Waals surface area contributed by atoms with Crippen LogP contribution in [0.5, 0.6) is 0 Å². The Kier molecular flexibility index (Phi) is 6.46. The maximum Gasteiger partial charge on any atom is 0.340 e. The molecule has 10 heteroatoms. The van der Waals surface area contributed by atoms with Crippen LogP contribution in [0.1, 0.15) is 56.3 Å². The number of methoxy groups -OCH3 is 3. The maximum atomic E-state index is 14.0. The summed E-state index contributed by atoms with van der Waals surface area (Å²) in [5, 5.41) is 28.4. The minimum Gasteiger partial charge on any atom is -0.454 e. The van der Waals surface area contributed by atoms with Gasteiger partial charge in [0.25, 0.3) is 0 Å². The van der Waals surface area contributed by atoms with Gasteiger partial charge in [-0.2, -0.15) is 0 Å². The summed E-state index contributed by atoms with van der Waals surface area (Å²) in [6, 6.07) is 6.89. The van der Waals surface area contributed by atoms with Crippen molar-refractivity contribution < 1.29 is 38.7 Å². The van der Waals surface area contributed by atoms with Crippen molar-refractivity contribution >= 4 is 17.6 Å². The molecule has 1 aliphatic heterocycles. The number of hydrogen-bond acceptors (Lipinski definition) is 9. The smallest absolute Gasteiger partial charge is 0.340 e. The number of para-hydroxylation sites is 1. The molecule has 7 bridgehead atoms. The van der Waals surface area contributed by atoms with E-state index in [-0.39, 0.29) is 47.8 Å². The van der Waals surface area contributed by atoms with Crippen molar-refractivity contribution in [2.45, 2.75) is 87.1 Å². The lowest BCUT2D eigenvalue weighted by Crippen LogP contribution is -2.83. The number of likely N-dealkylation sites (N-methyl/N-ethyl adjacent to an activating group) is 1. The molecule has 1 saturated heterocycles. The first-order valence-electron chi connectivity index (χ1n) is 15.4. The molecule has 10 nitrogen and oxygen atoms in total. The first kappa shape index (κ1) is 28.7. The van der Waals surface area contributed by atoms with E-state index in [0.717, 1.165) is 0 Å². The van der Waals surface area contributed by atoms with Gasteiger partial charge in [-0.15, -0.1) is 0 Å². The van der Waals surface area contributed by atoms with Crippen molar-refractivity contribution in [1.29, 1.82) is 0 Å². The lowest BCUT2D eigenvalue weighted by molar-refractivity contribution is -0.337. The van der Waals surface area contributed by atoms with Crippen molar-refractivity contribution in [3.63, 3.8) is 0 Å². The Hall–Kier alpha value is -2.08. The molecule has 230 valence electrons.